The van der Waals surface area contributed by atoms with Gasteiger partial charge in [0.05, 0.1) is 24.0 Å². The van der Waals surface area contributed by atoms with Crippen LogP contribution in [-0.2, 0) is 9.53 Å². The second-order valence-electron chi connectivity index (χ2n) is 8.36. The van der Waals surface area contributed by atoms with Crippen LogP contribution in [0.5, 0.6) is 0 Å². The summed E-state index contributed by atoms with van der Waals surface area (Å²) >= 11 is 0. The Balaban J connectivity index is 1.41. The third-order valence-electron chi connectivity index (χ3n) is 5.85. The molecule has 2 aromatic rings. The highest BCUT2D eigenvalue weighted by molar-refractivity contribution is 5.91. The van der Waals surface area contributed by atoms with Crippen molar-refractivity contribution in [1.82, 2.24) is 25.3 Å². The molecule has 2 aliphatic heterocycles. The standard InChI is InChI=1S/C21H29N7O2/c1-21(5-9-30-10-6-21)14-25-18-13-23-12-17(26-18)16-4-8-24-20(27-16)28-19(29)15-3-2-7-22-11-15/h4,8,12-13,15,22H,2-3,5-7,9-11,14H2,1H3,(H,25,26)(H,24,27,28,29)/t15-/m1/s1. The predicted molar refractivity (Wildman–Crippen MR) is 114 cm³/mol. The SMILES string of the molecule is CC1(CNc2cncc(-c3ccnc(NC(=O)[C@@H]4CCCNC4)n3)n2)CCOCC1. The molecular weight excluding hydrogens is 382 g/mol. The van der Waals surface area contributed by atoms with Gasteiger partial charge in [0.25, 0.3) is 0 Å². The molecule has 30 heavy (non-hydrogen) atoms. The van der Waals surface area contributed by atoms with E-state index in [1.165, 1.54) is 0 Å². The lowest BCUT2D eigenvalue weighted by Gasteiger charge is -2.33. The number of carbonyl (C=O) groups excluding carboxylic acids is 1. The molecule has 0 spiro atoms. The van der Waals surface area contributed by atoms with E-state index in [9.17, 15) is 4.79 Å². The quantitative estimate of drug-likeness (QED) is 0.662. The van der Waals surface area contributed by atoms with Crippen molar-refractivity contribution in [2.75, 3.05) is 43.5 Å². The van der Waals surface area contributed by atoms with Gasteiger partial charge in [0.2, 0.25) is 11.9 Å². The van der Waals surface area contributed by atoms with Crippen molar-refractivity contribution in [2.24, 2.45) is 11.3 Å². The van der Waals surface area contributed by atoms with Crippen LogP contribution >= 0.6 is 0 Å². The molecule has 0 radical (unpaired) electrons. The van der Waals surface area contributed by atoms with Gasteiger partial charge in [-0.2, -0.15) is 0 Å². The number of hydrogen-bond acceptors (Lipinski definition) is 8. The third kappa shape index (κ3) is 5.28. The molecule has 0 aliphatic carbocycles. The first-order valence-corrected chi connectivity index (χ1v) is 10.6. The average molecular weight is 412 g/mol. The van der Waals surface area contributed by atoms with E-state index in [1.807, 2.05) is 0 Å². The predicted octanol–water partition coefficient (Wildman–Crippen LogP) is 2.10. The van der Waals surface area contributed by atoms with E-state index in [0.29, 0.717) is 23.8 Å². The Hall–Kier alpha value is -2.65. The molecule has 2 aromatic heterocycles. The Labute approximate surface area is 176 Å². The maximum atomic E-state index is 12.5. The number of aromatic nitrogens is 4. The van der Waals surface area contributed by atoms with Gasteiger partial charge in [0, 0.05) is 32.5 Å². The number of ether oxygens (including phenoxy) is 1. The molecular formula is C21H29N7O2. The number of nitrogens with zero attached hydrogens (tertiary/aromatic N) is 4. The number of hydrogen-bond donors (Lipinski definition) is 3. The van der Waals surface area contributed by atoms with Crippen LogP contribution in [0.4, 0.5) is 11.8 Å². The van der Waals surface area contributed by atoms with Crippen molar-refractivity contribution in [3.8, 4) is 11.4 Å². The van der Waals surface area contributed by atoms with Crippen LogP contribution in [0.15, 0.2) is 24.7 Å². The van der Waals surface area contributed by atoms with E-state index in [-0.39, 0.29) is 23.2 Å². The van der Waals surface area contributed by atoms with Gasteiger partial charge in [-0.3, -0.25) is 15.1 Å². The van der Waals surface area contributed by atoms with Crippen molar-refractivity contribution >= 4 is 17.7 Å². The van der Waals surface area contributed by atoms with Crippen molar-refractivity contribution < 1.29 is 9.53 Å². The highest BCUT2D eigenvalue weighted by atomic mass is 16.5. The first-order valence-electron chi connectivity index (χ1n) is 10.6. The fraction of sp³-hybridized carbons (Fsp3) is 0.571. The van der Waals surface area contributed by atoms with E-state index < -0.39 is 0 Å². The summed E-state index contributed by atoms with van der Waals surface area (Å²) in [7, 11) is 0. The van der Waals surface area contributed by atoms with Gasteiger partial charge in [0.1, 0.15) is 11.5 Å². The van der Waals surface area contributed by atoms with Gasteiger partial charge >= 0.3 is 0 Å². The van der Waals surface area contributed by atoms with Crippen LogP contribution in [0.3, 0.4) is 0 Å². The monoisotopic (exact) mass is 411 g/mol. The molecule has 2 fully saturated rings. The van der Waals surface area contributed by atoms with Crippen molar-refractivity contribution in [3.63, 3.8) is 0 Å². The minimum Gasteiger partial charge on any atom is -0.381 e. The lowest BCUT2D eigenvalue weighted by molar-refractivity contribution is -0.120. The molecule has 1 amide bonds. The van der Waals surface area contributed by atoms with Gasteiger partial charge < -0.3 is 15.4 Å². The Kier molecular flexibility index (Phi) is 6.49. The molecule has 3 N–H and O–H groups in total. The highest BCUT2D eigenvalue weighted by Crippen LogP contribution is 2.30. The molecule has 4 rings (SSSR count). The zero-order valence-corrected chi connectivity index (χ0v) is 17.4. The number of carbonyl (C=O) groups is 1. The molecule has 1 atom stereocenters. The maximum Gasteiger partial charge on any atom is 0.231 e. The first kappa shape index (κ1) is 20.6. The normalized spacial score (nSPS) is 21.0. The number of rotatable bonds is 6. The fourth-order valence-electron chi connectivity index (χ4n) is 3.77. The zero-order chi connectivity index (χ0) is 20.8. The largest absolute Gasteiger partial charge is 0.381 e. The van der Waals surface area contributed by atoms with E-state index in [0.717, 1.165) is 52.0 Å². The third-order valence-corrected chi connectivity index (χ3v) is 5.85. The van der Waals surface area contributed by atoms with Crippen LogP contribution in [0.25, 0.3) is 11.4 Å². The minimum atomic E-state index is -0.0510. The lowest BCUT2D eigenvalue weighted by atomic mass is 9.82. The van der Waals surface area contributed by atoms with Gasteiger partial charge in [0.15, 0.2) is 0 Å². The maximum absolute atomic E-state index is 12.5. The zero-order valence-electron chi connectivity index (χ0n) is 17.4. The van der Waals surface area contributed by atoms with Crippen LogP contribution < -0.4 is 16.0 Å². The molecule has 0 saturated carbocycles. The Morgan fingerprint density at radius 3 is 2.93 bits per heavy atom. The summed E-state index contributed by atoms with van der Waals surface area (Å²) in [6, 6.07) is 1.77. The summed E-state index contributed by atoms with van der Waals surface area (Å²) in [5.41, 5.74) is 1.45. The molecule has 9 nitrogen and oxygen atoms in total. The van der Waals surface area contributed by atoms with Crippen LogP contribution in [0, 0.1) is 11.3 Å². The van der Waals surface area contributed by atoms with E-state index >= 15 is 0 Å². The lowest BCUT2D eigenvalue weighted by Crippen LogP contribution is -2.37. The van der Waals surface area contributed by atoms with Gasteiger partial charge in [-0.1, -0.05) is 6.92 Å². The Morgan fingerprint density at radius 1 is 1.27 bits per heavy atom. The summed E-state index contributed by atoms with van der Waals surface area (Å²) in [4.78, 5) is 30.1. The summed E-state index contributed by atoms with van der Waals surface area (Å²) in [6.45, 7) is 6.34. The summed E-state index contributed by atoms with van der Waals surface area (Å²) in [5.74, 6) is 0.895. The van der Waals surface area contributed by atoms with Gasteiger partial charge in [-0.15, -0.1) is 0 Å². The molecule has 0 unspecified atom stereocenters. The summed E-state index contributed by atoms with van der Waals surface area (Å²) in [5, 5.41) is 9.49. The fourth-order valence-corrected chi connectivity index (χ4v) is 3.77. The van der Waals surface area contributed by atoms with Crippen LogP contribution in [-0.4, -0.2) is 58.7 Å². The number of anilines is 2. The van der Waals surface area contributed by atoms with E-state index in [4.69, 9.17) is 4.74 Å². The van der Waals surface area contributed by atoms with Crippen molar-refractivity contribution in [2.45, 2.75) is 32.6 Å². The molecule has 9 heteroatoms. The Bertz CT molecular complexity index is 864. The molecule has 0 bridgehead atoms. The van der Waals surface area contributed by atoms with Crippen molar-refractivity contribution in [1.29, 1.82) is 0 Å². The van der Waals surface area contributed by atoms with Gasteiger partial charge in [-0.05, 0) is 43.7 Å². The highest BCUT2D eigenvalue weighted by Gasteiger charge is 2.27. The molecule has 2 aliphatic rings. The molecule has 160 valence electrons. The van der Waals surface area contributed by atoms with E-state index in [2.05, 4.69) is 42.8 Å². The van der Waals surface area contributed by atoms with Crippen molar-refractivity contribution in [3.05, 3.63) is 24.7 Å². The van der Waals surface area contributed by atoms with Gasteiger partial charge in [-0.25, -0.2) is 15.0 Å². The second kappa shape index (κ2) is 9.44. The topological polar surface area (TPSA) is 114 Å². The first-order chi connectivity index (χ1) is 14.6. The average Bonchev–Trinajstić information content (AvgIpc) is 2.79. The second-order valence-corrected chi connectivity index (χ2v) is 8.36. The smallest absolute Gasteiger partial charge is 0.231 e. The molecule has 4 heterocycles. The molecule has 0 aromatic carbocycles. The number of amides is 1. The molecule has 2 saturated heterocycles. The number of nitrogens with one attached hydrogen (secondary N) is 3. The van der Waals surface area contributed by atoms with Crippen LogP contribution in [0.1, 0.15) is 32.6 Å². The van der Waals surface area contributed by atoms with Crippen LogP contribution in [0.2, 0.25) is 0 Å². The summed E-state index contributed by atoms with van der Waals surface area (Å²) < 4.78 is 5.47. The summed E-state index contributed by atoms with van der Waals surface area (Å²) in [6.07, 6.45) is 8.94. The van der Waals surface area contributed by atoms with E-state index in [1.54, 1.807) is 24.7 Å². The Morgan fingerprint density at radius 2 is 2.13 bits per heavy atom. The minimum absolute atomic E-state index is 0.0504. The number of piperidine rings is 1.